The van der Waals surface area contributed by atoms with Crippen molar-refractivity contribution in [3.8, 4) is 0 Å². The van der Waals surface area contributed by atoms with Crippen LogP contribution in [0.15, 0.2) is 29.2 Å². The van der Waals surface area contributed by atoms with E-state index < -0.39 is 5.91 Å². The number of hydrogen-bond donors (Lipinski definition) is 2. The first-order valence-electron chi connectivity index (χ1n) is 6.36. The van der Waals surface area contributed by atoms with E-state index in [2.05, 4.69) is 5.32 Å². The van der Waals surface area contributed by atoms with Crippen molar-refractivity contribution in [3.63, 3.8) is 0 Å². The lowest BCUT2D eigenvalue weighted by Crippen LogP contribution is -2.38. The average Bonchev–Trinajstić information content (AvgIpc) is 2.42. The van der Waals surface area contributed by atoms with Gasteiger partial charge in [0.05, 0.1) is 11.3 Å². The van der Waals surface area contributed by atoms with E-state index in [1.807, 2.05) is 38.1 Å². The summed E-state index contributed by atoms with van der Waals surface area (Å²) in [5.41, 5.74) is 5.71. The maximum absolute atomic E-state index is 12.2. The van der Waals surface area contributed by atoms with E-state index in [0.29, 0.717) is 12.1 Å². The summed E-state index contributed by atoms with van der Waals surface area (Å²) in [6.45, 7) is 2.61. The molecule has 20 heavy (non-hydrogen) atoms. The zero-order valence-electron chi connectivity index (χ0n) is 12.1. The van der Waals surface area contributed by atoms with Crippen molar-refractivity contribution >= 4 is 23.6 Å². The lowest BCUT2D eigenvalue weighted by molar-refractivity contribution is -0.115. The molecule has 1 rings (SSSR count). The Hall–Kier alpha value is -1.53. The molecular formula is C14H21N3O2S. The second-order valence-electron chi connectivity index (χ2n) is 4.77. The quantitative estimate of drug-likeness (QED) is 0.734. The first kappa shape index (κ1) is 16.5. The minimum atomic E-state index is -0.397. The van der Waals surface area contributed by atoms with Gasteiger partial charge in [-0.3, -0.25) is 9.59 Å². The molecule has 0 heterocycles. The molecule has 0 aliphatic heterocycles. The summed E-state index contributed by atoms with van der Waals surface area (Å²) >= 11 is 1.28. The summed E-state index contributed by atoms with van der Waals surface area (Å²) in [7, 11) is 3.93. The van der Waals surface area contributed by atoms with Gasteiger partial charge in [0.25, 0.3) is 5.91 Å². The number of nitrogens with one attached hydrogen (secondary N) is 1. The largest absolute Gasteiger partial charge is 0.369 e. The molecule has 6 heteroatoms. The van der Waals surface area contributed by atoms with E-state index in [9.17, 15) is 9.59 Å². The van der Waals surface area contributed by atoms with Crippen LogP contribution in [0.25, 0.3) is 0 Å². The van der Waals surface area contributed by atoms with Gasteiger partial charge in [-0.2, -0.15) is 0 Å². The monoisotopic (exact) mass is 295 g/mol. The highest BCUT2D eigenvalue weighted by molar-refractivity contribution is 8.00. The minimum absolute atomic E-state index is 0.133. The highest BCUT2D eigenvalue weighted by Gasteiger charge is 2.13. The predicted octanol–water partition coefficient (Wildman–Crippen LogP) is 0.944. The Kier molecular flexibility index (Phi) is 6.54. The number of likely N-dealkylation sites (N-methyl/N-ethyl adjacent to an activating group) is 1. The van der Waals surface area contributed by atoms with E-state index in [4.69, 9.17) is 5.73 Å². The number of benzene rings is 1. The summed E-state index contributed by atoms with van der Waals surface area (Å²) in [5, 5.41) is 2.90. The van der Waals surface area contributed by atoms with E-state index in [1.54, 1.807) is 12.1 Å². The van der Waals surface area contributed by atoms with E-state index in [-0.39, 0.29) is 17.7 Å². The Bertz CT molecular complexity index is 477. The fourth-order valence-corrected chi connectivity index (χ4v) is 2.24. The van der Waals surface area contributed by atoms with Crippen molar-refractivity contribution < 1.29 is 9.59 Å². The van der Waals surface area contributed by atoms with Gasteiger partial charge in [0, 0.05) is 17.5 Å². The molecule has 0 aromatic heterocycles. The molecule has 110 valence electrons. The topological polar surface area (TPSA) is 75.4 Å². The molecule has 0 bridgehead atoms. The average molecular weight is 295 g/mol. The Morgan fingerprint density at radius 1 is 1.35 bits per heavy atom. The van der Waals surface area contributed by atoms with Crippen LogP contribution in [0.2, 0.25) is 0 Å². The lowest BCUT2D eigenvalue weighted by Gasteiger charge is -2.20. The number of amides is 2. The molecular weight excluding hydrogens is 274 g/mol. The van der Waals surface area contributed by atoms with Gasteiger partial charge in [-0.05, 0) is 33.2 Å². The number of carbonyl (C=O) groups excluding carboxylic acids is 2. The molecule has 0 unspecified atom stereocenters. The van der Waals surface area contributed by atoms with Gasteiger partial charge in [0.2, 0.25) is 5.91 Å². The number of carbonyl (C=O) groups is 2. The maximum Gasteiger partial charge on any atom is 0.252 e. The molecule has 0 saturated heterocycles. The molecule has 1 aromatic rings. The van der Waals surface area contributed by atoms with Gasteiger partial charge < -0.3 is 16.0 Å². The van der Waals surface area contributed by atoms with E-state index in [0.717, 1.165) is 4.90 Å². The van der Waals surface area contributed by atoms with Crippen LogP contribution in [-0.2, 0) is 4.79 Å². The van der Waals surface area contributed by atoms with E-state index >= 15 is 0 Å². The third-order valence-electron chi connectivity index (χ3n) is 2.94. The van der Waals surface area contributed by atoms with Crippen LogP contribution in [0.1, 0.15) is 17.3 Å². The van der Waals surface area contributed by atoms with Crippen molar-refractivity contribution in [2.45, 2.75) is 17.9 Å². The van der Waals surface area contributed by atoms with Crippen LogP contribution in [0.5, 0.6) is 0 Å². The molecule has 0 saturated carbocycles. The molecule has 3 N–H and O–H groups in total. The third kappa shape index (κ3) is 5.22. The molecule has 0 aliphatic carbocycles. The Balaban J connectivity index is 2.69. The van der Waals surface area contributed by atoms with Crippen molar-refractivity contribution in [1.82, 2.24) is 10.2 Å². The second-order valence-corrected chi connectivity index (χ2v) is 5.79. The molecule has 1 aromatic carbocycles. The fraction of sp³-hybridized carbons (Fsp3) is 0.429. The number of rotatable bonds is 7. The Morgan fingerprint density at radius 2 is 2.00 bits per heavy atom. The summed E-state index contributed by atoms with van der Waals surface area (Å²) in [5.74, 6) is -0.365. The number of nitrogens with two attached hydrogens (primary N) is 1. The van der Waals surface area contributed by atoms with Crippen LogP contribution in [0, 0.1) is 0 Å². The van der Waals surface area contributed by atoms with Gasteiger partial charge in [0.1, 0.15) is 0 Å². The Labute approximate surface area is 123 Å². The fourth-order valence-electron chi connectivity index (χ4n) is 1.45. The van der Waals surface area contributed by atoms with E-state index in [1.165, 1.54) is 11.8 Å². The van der Waals surface area contributed by atoms with Gasteiger partial charge >= 0.3 is 0 Å². The number of hydrogen-bond acceptors (Lipinski definition) is 4. The number of primary amides is 1. The van der Waals surface area contributed by atoms with Crippen LogP contribution in [-0.4, -0.2) is 49.1 Å². The number of nitrogens with zero attached hydrogens (tertiary/aromatic N) is 1. The molecule has 0 aliphatic rings. The Morgan fingerprint density at radius 3 is 2.60 bits per heavy atom. The highest BCUT2D eigenvalue weighted by Crippen LogP contribution is 2.22. The van der Waals surface area contributed by atoms with Gasteiger partial charge in [-0.15, -0.1) is 11.8 Å². The smallest absolute Gasteiger partial charge is 0.252 e. The van der Waals surface area contributed by atoms with Crippen LogP contribution in [0.4, 0.5) is 0 Å². The highest BCUT2D eigenvalue weighted by atomic mass is 32.2. The zero-order valence-corrected chi connectivity index (χ0v) is 12.9. The number of thioether (sulfide) groups is 1. The van der Waals surface area contributed by atoms with Crippen LogP contribution >= 0.6 is 11.8 Å². The molecule has 0 fully saturated rings. The summed E-state index contributed by atoms with van der Waals surface area (Å²) in [6, 6.07) is 7.46. The van der Waals surface area contributed by atoms with Gasteiger partial charge in [-0.25, -0.2) is 0 Å². The summed E-state index contributed by atoms with van der Waals surface area (Å²) in [6.07, 6.45) is 0. The SMILES string of the molecule is C[C@@H](CNC(=O)c1ccccc1SCC(N)=O)N(C)C. The summed E-state index contributed by atoms with van der Waals surface area (Å²) < 4.78 is 0. The van der Waals surface area contributed by atoms with Gasteiger partial charge in [0.15, 0.2) is 0 Å². The molecule has 5 nitrogen and oxygen atoms in total. The van der Waals surface area contributed by atoms with Gasteiger partial charge in [-0.1, -0.05) is 12.1 Å². The molecule has 0 spiro atoms. The third-order valence-corrected chi connectivity index (χ3v) is 4.04. The minimum Gasteiger partial charge on any atom is -0.369 e. The van der Waals surface area contributed by atoms with Crippen molar-refractivity contribution in [3.05, 3.63) is 29.8 Å². The lowest BCUT2D eigenvalue weighted by atomic mass is 10.2. The first-order chi connectivity index (χ1) is 9.41. The molecule has 1 atom stereocenters. The summed E-state index contributed by atoms with van der Waals surface area (Å²) in [4.78, 5) is 25.8. The zero-order chi connectivity index (χ0) is 15.1. The van der Waals surface area contributed by atoms with Crippen molar-refractivity contribution in [1.29, 1.82) is 0 Å². The van der Waals surface area contributed by atoms with Crippen molar-refractivity contribution in [2.24, 2.45) is 5.73 Å². The normalized spacial score (nSPS) is 12.2. The first-order valence-corrected chi connectivity index (χ1v) is 7.35. The van der Waals surface area contributed by atoms with Crippen molar-refractivity contribution in [2.75, 3.05) is 26.4 Å². The molecule has 2 amide bonds. The standard InChI is InChI=1S/C14H21N3O2S/c1-10(17(2)3)8-16-14(19)11-6-4-5-7-12(11)20-9-13(15)18/h4-7,10H,8-9H2,1-3H3,(H2,15,18)(H,16,19)/t10-/m0/s1. The predicted molar refractivity (Wildman–Crippen MR) is 81.8 cm³/mol. The van der Waals surface area contributed by atoms with Crippen LogP contribution < -0.4 is 11.1 Å². The second kappa shape index (κ2) is 7.91. The molecule has 0 radical (unpaired) electrons. The van der Waals surface area contributed by atoms with Crippen LogP contribution in [0.3, 0.4) is 0 Å². The maximum atomic E-state index is 12.2.